The lowest BCUT2D eigenvalue weighted by Crippen LogP contribution is -2.58. The van der Waals surface area contributed by atoms with Crippen molar-refractivity contribution in [2.24, 2.45) is 0 Å². The van der Waals surface area contributed by atoms with Crippen LogP contribution in [-0.4, -0.2) is 90.5 Å². The summed E-state index contributed by atoms with van der Waals surface area (Å²) in [6.45, 7) is 0.689. The summed E-state index contributed by atoms with van der Waals surface area (Å²) >= 11 is 0. The molecule has 15 nitrogen and oxygen atoms in total. The van der Waals surface area contributed by atoms with Gasteiger partial charge in [-0.25, -0.2) is 14.8 Å². The van der Waals surface area contributed by atoms with E-state index in [9.17, 15) is 29.1 Å². The van der Waals surface area contributed by atoms with E-state index in [4.69, 9.17) is 5.11 Å². The van der Waals surface area contributed by atoms with Gasteiger partial charge in [0, 0.05) is 43.0 Å². The highest BCUT2D eigenvalue weighted by Crippen LogP contribution is 2.08. The monoisotopic (exact) mass is 518 g/mol. The van der Waals surface area contributed by atoms with Crippen LogP contribution in [0.4, 0.5) is 0 Å². The Morgan fingerprint density at radius 3 is 1.92 bits per heavy atom. The van der Waals surface area contributed by atoms with E-state index in [0.29, 0.717) is 24.4 Å². The molecule has 3 amide bonds. The van der Waals surface area contributed by atoms with Gasteiger partial charge in [-0.3, -0.25) is 19.2 Å². The number of H-pyrrole nitrogens is 2. The molecule has 0 aliphatic carbocycles. The number of carbonyl (C=O) groups is 5. The van der Waals surface area contributed by atoms with E-state index < -0.39 is 54.3 Å². The molecule has 0 bridgehead atoms. The molecule has 1 saturated heterocycles. The van der Waals surface area contributed by atoms with Crippen molar-refractivity contribution < 1.29 is 34.2 Å². The topological polar surface area (TPSA) is 231 Å². The third kappa shape index (κ3) is 8.42. The van der Waals surface area contributed by atoms with Crippen LogP contribution in [0.15, 0.2) is 25.0 Å². The van der Waals surface area contributed by atoms with Gasteiger partial charge >= 0.3 is 11.9 Å². The molecule has 0 spiro atoms. The van der Waals surface area contributed by atoms with Crippen LogP contribution in [-0.2, 0) is 36.8 Å². The van der Waals surface area contributed by atoms with E-state index in [2.05, 4.69) is 41.2 Å². The number of carboxylic acids is 2. The molecule has 0 saturated carbocycles. The number of imidazole rings is 2. The van der Waals surface area contributed by atoms with Crippen LogP contribution in [0, 0.1) is 0 Å². The molecule has 0 aromatic carbocycles. The second-order valence-corrected chi connectivity index (χ2v) is 8.67. The van der Waals surface area contributed by atoms with Gasteiger partial charge in [0.25, 0.3) is 0 Å². The second-order valence-electron chi connectivity index (χ2n) is 8.67. The summed E-state index contributed by atoms with van der Waals surface area (Å²) in [6.07, 6.45) is 6.43. The first kappa shape index (κ1) is 27.3. The smallest absolute Gasteiger partial charge is 0.326 e. The molecule has 15 heteroatoms. The zero-order chi connectivity index (χ0) is 26.8. The summed E-state index contributed by atoms with van der Waals surface area (Å²) in [7, 11) is 0. The summed E-state index contributed by atoms with van der Waals surface area (Å²) in [6, 6.07) is -4.22. The number of nitrogens with one attached hydrogen (secondary N) is 6. The van der Waals surface area contributed by atoms with Crippen LogP contribution < -0.4 is 21.3 Å². The zero-order valence-electron chi connectivity index (χ0n) is 19.9. The largest absolute Gasteiger partial charge is 0.481 e. The van der Waals surface area contributed by atoms with Crippen LogP contribution in [0.3, 0.4) is 0 Å². The van der Waals surface area contributed by atoms with Gasteiger partial charge in [-0.05, 0) is 25.8 Å². The van der Waals surface area contributed by atoms with Crippen molar-refractivity contribution in [3.05, 3.63) is 36.4 Å². The van der Waals surface area contributed by atoms with Crippen LogP contribution in [0.25, 0.3) is 0 Å². The minimum absolute atomic E-state index is 0.0578. The quantitative estimate of drug-likeness (QED) is 0.138. The maximum Gasteiger partial charge on any atom is 0.326 e. The van der Waals surface area contributed by atoms with Gasteiger partial charge in [-0.2, -0.15) is 0 Å². The number of carboxylic acid groups (broad SMARTS) is 2. The molecular weight excluding hydrogens is 488 g/mol. The Bertz CT molecular complexity index is 1070. The van der Waals surface area contributed by atoms with Gasteiger partial charge in [-0.1, -0.05) is 0 Å². The van der Waals surface area contributed by atoms with E-state index in [1.165, 1.54) is 25.0 Å². The Morgan fingerprint density at radius 1 is 0.892 bits per heavy atom. The van der Waals surface area contributed by atoms with Crippen molar-refractivity contribution in [3.8, 4) is 0 Å². The van der Waals surface area contributed by atoms with Crippen LogP contribution >= 0.6 is 0 Å². The molecule has 2 aromatic rings. The average Bonchev–Trinajstić information content (AvgIpc) is 3.64. The van der Waals surface area contributed by atoms with E-state index in [0.717, 1.165) is 6.42 Å². The fourth-order valence-electron chi connectivity index (χ4n) is 3.90. The summed E-state index contributed by atoms with van der Waals surface area (Å²) in [5, 5.41) is 29.0. The third-order valence-corrected chi connectivity index (χ3v) is 5.86. The number of aromatic amines is 2. The van der Waals surface area contributed by atoms with Gasteiger partial charge in [0.1, 0.15) is 18.1 Å². The standard InChI is InChI=1S/C22H30N8O7/c31-18(32)4-3-15(22(36)37)28-20(34)16(6-12-8-23-10-26-12)30-21(35)17(7-13-9-24-11-27-13)29-19(33)14-2-1-5-25-14/h8-11,14-17,25H,1-7H2,(H,23,26)(H,24,27)(H,28,34)(H,29,33)(H,30,35)(H,31,32)(H,36,37). The molecule has 1 fully saturated rings. The van der Waals surface area contributed by atoms with Crippen LogP contribution in [0.2, 0.25) is 0 Å². The number of hydrogen-bond acceptors (Lipinski definition) is 8. The normalized spacial score (nSPS) is 17.4. The lowest BCUT2D eigenvalue weighted by Gasteiger charge is -2.25. The van der Waals surface area contributed by atoms with E-state index in [1.54, 1.807) is 0 Å². The minimum Gasteiger partial charge on any atom is -0.481 e. The maximum absolute atomic E-state index is 13.3. The molecule has 1 aliphatic rings. The molecule has 4 atom stereocenters. The number of carbonyl (C=O) groups excluding carboxylic acids is 3. The zero-order valence-corrected chi connectivity index (χ0v) is 19.9. The summed E-state index contributed by atoms with van der Waals surface area (Å²) in [5.74, 6) is -4.47. The van der Waals surface area contributed by atoms with Crippen molar-refractivity contribution in [1.82, 2.24) is 41.2 Å². The number of hydrogen-bond donors (Lipinski definition) is 8. The van der Waals surface area contributed by atoms with Gasteiger partial charge in [0.2, 0.25) is 17.7 Å². The number of aliphatic carboxylic acids is 2. The lowest BCUT2D eigenvalue weighted by molar-refractivity contribution is -0.143. The molecule has 2 aromatic heterocycles. The molecule has 8 N–H and O–H groups in total. The number of nitrogens with zero attached hydrogens (tertiary/aromatic N) is 2. The van der Waals surface area contributed by atoms with E-state index in [-0.39, 0.29) is 25.2 Å². The summed E-state index contributed by atoms with van der Waals surface area (Å²) in [4.78, 5) is 75.0. The fourth-order valence-corrected chi connectivity index (χ4v) is 3.90. The number of rotatable bonds is 14. The highest BCUT2D eigenvalue weighted by molar-refractivity contribution is 5.94. The van der Waals surface area contributed by atoms with Gasteiger partial charge in [0.05, 0.1) is 18.7 Å². The van der Waals surface area contributed by atoms with E-state index in [1.807, 2.05) is 0 Å². The Balaban J connectivity index is 1.75. The Labute approximate surface area is 211 Å². The molecule has 37 heavy (non-hydrogen) atoms. The Morgan fingerprint density at radius 2 is 1.46 bits per heavy atom. The summed E-state index contributed by atoms with van der Waals surface area (Å²) < 4.78 is 0. The van der Waals surface area contributed by atoms with Crippen LogP contribution in [0.1, 0.15) is 37.1 Å². The van der Waals surface area contributed by atoms with Crippen molar-refractivity contribution in [1.29, 1.82) is 0 Å². The van der Waals surface area contributed by atoms with Gasteiger partial charge in [-0.15, -0.1) is 0 Å². The number of aromatic nitrogens is 4. The molecule has 3 rings (SSSR count). The fraction of sp³-hybridized carbons (Fsp3) is 0.500. The third-order valence-electron chi connectivity index (χ3n) is 5.86. The van der Waals surface area contributed by atoms with Gasteiger partial charge in [0.15, 0.2) is 0 Å². The lowest BCUT2D eigenvalue weighted by atomic mass is 10.1. The first-order valence-electron chi connectivity index (χ1n) is 11.8. The highest BCUT2D eigenvalue weighted by atomic mass is 16.4. The SMILES string of the molecule is O=C(O)CCC(NC(=O)C(Cc1cnc[nH]1)NC(=O)C(Cc1cnc[nH]1)NC(=O)C1CCCN1)C(=O)O. The molecule has 1 aliphatic heterocycles. The molecule has 0 radical (unpaired) electrons. The predicted octanol–water partition coefficient (Wildman–Crippen LogP) is -1.93. The van der Waals surface area contributed by atoms with Crippen LogP contribution in [0.5, 0.6) is 0 Å². The first-order chi connectivity index (χ1) is 17.7. The van der Waals surface area contributed by atoms with Crippen molar-refractivity contribution in [2.45, 2.75) is 62.7 Å². The Kier molecular flexibility index (Phi) is 9.71. The highest BCUT2D eigenvalue weighted by Gasteiger charge is 2.32. The van der Waals surface area contributed by atoms with Crippen molar-refractivity contribution in [2.75, 3.05) is 6.54 Å². The molecule has 200 valence electrons. The minimum atomic E-state index is -1.47. The second kappa shape index (κ2) is 13.2. The Hall–Kier alpha value is -4.27. The van der Waals surface area contributed by atoms with E-state index >= 15 is 0 Å². The predicted molar refractivity (Wildman–Crippen MR) is 126 cm³/mol. The van der Waals surface area contributed by atoms with Crippen molar-refractivity contribution in [3.63, 3.8) is 0 Å². The summed E-state index contributed by atoms with van der Waals surface area (Å²) in [5.41, 5.74) is 1.07. The maximum atomic E-state index is 13.3. The number of amides is 3. The van der Waals surface area contributed by atoms with Gasteiger partial charge < -0.3 is 41.4 Å². The average molecular weight is 519 g/mol. The molecular formula is C22H30N8O7. The molecule has 4 unspecified atom stereocenters. The van der Waals surface area contributed by atoms with Crippen molar-refractivity contribution >= 4 is 29.7 Å². The molecule has 3 heterocycles. The first-order valence-corrected chi connectivity index (χ1v) is 11.8.